The molecule has 0 saturated carbocycles. The summed E-state index contributed by atoms with van der Waals surface area (Å²) in [5.74, 6) is -0.825. The smallest absolute Gasteiger partial charge is 0.253 e. The molecule has 7 nitrogen and oxygen atoms in total. The zero-order valence-corrected chi connectivity index (χ0v) is 20.6. The van der Waals surface area contributed by atoms with E-state index in [1.807, 2.05) is 26.0 Å². The van der Waals surface area contributed by atoms with Crippen LogP contribution in [0.3, 0.4) is 0 Å². The first-order valence-electron chi connectivity index (χ1n) is 11.2. The summed E-state index contributed by atoms with van der Waals surface area (Å²) in [6.45, 7) is 5.34. The van der Waals surface area contributed by atoms with Crippen molar-refractivity contribution in [3.05, 3.63) is 65.5 Å². The van der Waals surface area contributed by atoms with Crippen molar-refractivity contribution in [2.45, 2.75) is 37.8 Å². The van der Waals surface area contributed by atoms with Gasteiger partial charge in [0, 0.05) is 31.1 Å². The van der Waals surface area contributed by atoms with E-state index in [0.29, 0.717) is 5.56 Å². The van der Waals surface area contributed by atoms with Crippen LogP contribution in [-0.2, 0) is 10.0 Å². The molecule has 0 unspecified atom stereocenters. The molecular weight excluding hydrogens is 459 g/mol. The SMILES string of the molecule is C/C=C/c1ccc2c(c1)O[C@H](CN(C)C(=O)c1ccc(F)cc1)[C@@H](C)CN([C@@H](C)CO)S2(=O)=O. The summed E-state index contributed by atoms with van der Waals surface area (Å²) in [6.07, 6.45) is 3.15. The first-order chi connectivity index (χ1) is 16.1. The van der Waals surface area contributed by atoms with Gasteiger partial charge in [-0.05, 0) is 55.8 Å². The highest BCUT2D eigenvalue weighted by Gasteiger charge is 2.38. The number of fused-ring (bicyclic) bond motifs is 1. The highest BCUT2D eigenvalue weighted by molar-refractivity contribution is 7.89. The lowest BCUT2D eigenvalue weighted by atomic mass is 10.0. The number of benzene rings is 2. The average molecular weight is 491 g/mol. The van der Waals surface area contributed by atoms with Crippen molar-refractivity contribution >= 4 is 22.0 Å². The van der Waals surface area contributed by atoms with Gasteiger partial charge < -0.3 is 14.7 Å². The molecule has 1 aliphatic rings. The van der Waals surface area contributed by atoms with E-state index in [-0.39, 0.29) is 42.2 Å². The van der Waals surface area contributed by atoms with Gasteiger partial charge in [0.1, 0.15) is 22.6 Å². The van der Waals surface area contributed by atoms with Crippen LogP contribution < -0.4 is 4.74 Å². The van der Waals surface area contributed by atoms with Crippen molar-refractivity contribution in [1.82, 2.24) is 9.21 Å². The number of hydrogen-bond donors (Lipinski definition) is 1. The zero-order valence-electron chi connectivity index (χ0n) is 19.8. The molecule has 0 bridgehead atoms. The topological polar surface area (TPSA) is 87.2 Å². The molecule has 1 aliphatic heterocycles. The fraction of sp³-hybridized carbons (Fsp3) is 0.400. The van der Waals surface area contributed by atoms with Gasteiger partial charge in [-0.25, -0.2) is 12.8 Å². The quantitative estimate of drug-likeness (QED) is 0.671. The van der Waals surface area contributed by atoms with Gasteiger partial charge >= 0.3 is 0 Å². The van der Waals surface area contributed by atoms with Crippen LogP contribution in [0.25, 0.3) is 6.08 Å². The largest absolute Gasteiger partial charge is 0.487 e. The van der Waals surface area contributed by atoms with Crippen molar-refractivity contribution in [3.8, 4) is 5.75 Å². The summed E-state index contributed by atoms with van der Waals surface area (Å²) in [5.41, 5.74) is 1.12. The number of sulfonamides is 1. The number of carbonyl (C=O) groups is 1. The number of halogens is 1. The number of aliphatic hydroxyl groups is 1. The van der Waals surface area contributed by atoms with E-state index in [0.717, 1.165) is 5.56 Å². The van der Waals surface area contributed by atoms with Gasteiger partial charge in [-0.15, -0.1) is 0 Å². The van der Waals surface area contributed by atoms with Crippen LogP contribution in [0.1, 0.15) is 36.7 Å². The average Bonchev–Trinajstić information content (AvgIpc) is 2.81. The number of allylic oxidation sites excluding steroid dienone is 1. The minimum absolute atomic E-state index is 0.0190. The van der Waals surface area contributed by atoms with E-state index >= 15 is 0 Å². The second-order valence-corrected chi connectivity index (χ2v) is 10.5. The molecule has 184 valence electrons. The number of amides is 1. The van der Waals surface area contributed by atoms with E-state index in [9.17, 15) is 22.7 Å². The van der Waals surface area contributed by atoms with Crippen LogP contribution >= 0.6 is 0 Å². The molecule has 2 aromatic rings. The Kier molecular flexibility index (Phi) is 8.12. The summed E-state index contributed by atoms with van der Waals surface area (Å²) in [6, 6.07) is 9.55. The summed E-state index contributed by atoms with van der Waals surface area (Å²) >= 11 is 0. The minimum Gasteiger partial charge on any atom is -0.487 e. The zero-order chi connectivity index (χ0) is 25.0. The third-order valence-electron chi connectivity index (χ3n) is 5.94. The molecule has 0 aliphatic carbocycles. The lowest BCUT2D eigenvalue weighted by Crippen LogP contribution is -2.50. The van der Waals surface area contributed by atoms with Crippen molar-refractivity contribution in [2.24, 2.45) is 5.92 Å². The molecule has 0 spiro atoms. The Morgan fingerprint density at radius 3 is 2.59 bits per heavy atom. The highest BCUT2D eigenvalue weighted by Crippen LogP contribution is 2.34. The minimum atomic E-state index is -3.93. The summed E-state index contributed by atoms with van der Waals surface area (Å²) in [4.78, 5) is 14.4. The Labute approximate surface area is 200 Å². The number of hydrogen-bond acceptors (Lipinski definition) is 5. The Morgan fingerprint density at radius 2 is 1.97 bits per heavy atom. The van der Waals surface area contributed by atoms with Crippen LogP contribution in [0.4, 0.5) is 4.39 Å². The molecule has 1 N–H and O–H groups in total. The Bertz CT molecular complexity index is 1150. The van der Waals surface area contributed by atoms with Crippen molar-refractivity contribution < 1.29 is 27.4 Å². The predicted molar refractivity (Wildman–Crippen MR) is 129 cm³/mol. The first-order valence-corrected chi connectivity index (χ1v) is 12.6. The monoisotopic (exact) mass is 490 g/mol. The molecule has 0 aromatic heterocycles. The fourth-order valence-corrected chi connectivity index (χ4v) is 5.75. The van der Waals surface area contributed by atoms with E-state index in [1.165, 1.54) is 39.5 Å². The van der Waals surface area contributed by atoms with Crippen LogP contribution in [0, 0.1) is 11.7 Å². The summed E-state index contributed by atoms with van der Waals surface area (Å²) in [7, 11) is -2.30. The second-order valence-electron chi connectivity index (χ2n) is 8.64. The third kappa shape index (κ3) is 5.48. The van der Waals surface area contributed by atoms with Crippen molar-refractivity contribution in [2.75, 3.05) is 26.7 Å². The number of nitrogens with zero attached hydrogens (tertiary/aromatic N) is 2. The van der Waals surface area contributed by atoms with Crippen molar-refractivity contribution in [3.63, 3.8) is 0 Å². The predicted octanol–water partition coefficient (Wildman–Crippen LogP) is 3.40. The fourth-order valence-electron chi connectivity index (χ4n) is 3.92. The molecule has 3 atom stereocenters. The van der Waals surface area contributed by atoms with Gasteiger partial charge in [-0.3, -0.25) is 4.79 Å². The molecule has 34 heavy (non-hydrogen) atoms. The van der Waals surface area contributed by atoms with Crippen LogP contribution in [0.5, 0.6) is 5.75 Å². The summed E-state index contributed by atoms with van der Waals surface area (Å²) < 4.78 is 47.7. The van der Waals surface area contributed by atoms with Gasteiger partial charge in [0.25, 0.3) is 5.91 Å². The highest BCUT2D eigenvalue weighted by atomic mass is 32.2. The molecule has 1 heterocycles. The standard InChI is InChI=1S/C25H31FN2O5S/c1-5-6-19-7-12-24-22(13-19)33-23(17(2)14-28(18(3)16-29)34(24,31)32)15-27(4)25(30)20-8-10-21(26)11-9-20/h5-13,17-18,23,29H,14-16H2,1-4H3/b6-5+/t17-,18-,23+/m0/s1. The molecule has 0 fully saturated rings. The summed E-state index contributed by atoms with van der Waals surface area (Å²) in [5, 5.41) is 9.73. The van der Waals surface area contributed by atoms with E-state index in [1.54, 1.807) is 26.1 Å². The molecule has 9 heteroatoms. The van der Waals surface area contributed by atoms with E-state index in [4.69, 9.17) is 4.74 Å². The van der Waals surface area contributed by atoms with E-state index < -0.39 is 28.0 Å². The molecule has 3 rings (SSSR count). The number of carbonyl (C=O) groups excluding carboxylic acids is 1. The Hall–Kier alpha value is -2.75. The number of aliphatic hydroxyl groups excluding tert-OH is 1. The van der Waals surface area contributed by atoms with E-state index in [2.05, 4.69) is 0 Å². The molecule has 0 saturated heterocycles. The number of ether oxygens (including phenoxy) is 1. The number of rotatable bonds is 6. The van der Waals surface area contributed by atoms with Gasteiger partial charge in [0.15, 0.2) is 0 Å². The maximum atomic E-state index is 13.5. The van der Waals surface area contributed by atoms with Gasteiger partial charge in [0.05, 0.1) is 13.2 Å². The maximum Gasteiger partial charge on any atom is 0.253 e. The lowest BCUT2D eigenvalue weighted by molar-refractivity contribution is 0.0563. The Balaban J connectivity index is 1.99. The van der Waals surface area contributed by atoms with Gasteiger partial charge in [-0.2, -0.15) is 4.31 Å². The lowest BCUT2D eigenvalue weighted by Gasteiger charge is -2.37. The molecular formula is C25H31FN2O5S. The normalized spacial score (nSPS) is 21.2. The first kappa shape index (κ1) is 25.9. The van der Waals surface area contributed by atoms with Gasteiger partial charge in [0.2, 0.25) is 10.0 Å². The van der Waals surface area contributed by atoms with Gasteiger partial charge in [-0.1, -0.05) is 25.1 Å². The molecule has 0 radical (unpaired) electrons. The number of likely N-dealkylation sites (N-methyl/N-ethyl adjacent to an activating group) is 1. The van der Waals surface area contributed by atoms with Crippen molar-refractivity contribution in [1.29, 1.82) is 0 Å². The second kappa shape index (κ2) is 10.7. The van der Waals surface area contributed by atoms with Crippen LogP contribution in [0.15, 0.2) is 53.4 Å². The maximum absolute atomic E-state index is 13.5. The molecule has 2 aromatic carbocycles. The third-order valence-corrected chi connectivity index (χ3v) is 7.96. The van der Waals surface area contributed by atoms with Crippen LogP contribution in [-0.4, -0.2) is 67.5 Å². The molecule has 1 amide bonds. The van der Waals surface area contributed by atoms with Crippen LogP contribution in [0.2, 0.25) is 0 Å². The Morgan fingerprint density at radius 1 is 1.29 bits per heavy atom.